The number of ether oxygens (including phenoxy) is 2. The van der Waals surface area contributed by atoms with Crippen LogP contribution in [0.25, 0.3) is 11.3 Å². The lowest BCUT2D eigenvalue weighted by atomic mass is 10.0. The Kier molecular flexibility index (Phi) is 6.69. The summed E-state index contributed by atoms with van der Waals surface area (Å²) in [4.78, 5) is 30.4. The molecule has 2 aromatic heterocycles. The number of nitrogens with zero attached hydrogens (tertiary/aromatic N) is 2. The normalized spacial score (nSPS) is 17.5. The van der Waals surface area contributed by atoms with E-state index in [0.717, 1.165) is 5.69 Å². The van der Waals surface area contributed by atoms with Crippen molar-refractivity contribution in [2.75, 3.05) is 20.8 Å². The van der Waals surface area contributed by atoms with Crippen LogP contribution >= 0.6 is 12.2 Å². The molecular weight excluding hydrogens is 442 g/mol. The first-order chi connectivity index (χ1) is 16.0. The highest BCUT2D eigenvalue weighted by molar-refractivity contribution is 7.80. The molecule has 2 atom stereocenters. The van der Waals surface area contributed by atoms with Crippen molar-refractivity contribution in [1.29, 1.82) is 0 Å². The number of methoxy groups -OCH3 is 2. The molecule has 33 heavy (non-hydrogen) atoms. The molecular formula is C24H23N3O5S. The van der Waals surface area contributed by atoms with Gasteiger partial charge in [-0.25, -0.2) is 4.79 Å². The second kappa shape index (κ2) is 9.83. The zero-order valence-electron chi connectivity index (χ0n) is 18.2. The van der Waals surface area contributed by atoms with Crippen molar-refractivity contribution in [2.45, 2.75) is 18.5 Å². The van der Waals surface area contributed by atoms with Gasteiger partial charge >= 0.3 is 11.9 Å². The largest absolute Gasteiger partial charge is 0.469 e. The van der Waals surface area contributed by atoms with Crippen LogP contribution in [0, 0.1) is 0 Å². The molecule has 0 spiro atoms. The Labute approximate surface area is 196 Å². The summed E-state index contributed by atoms with van der Waals surface area (Å²) in [5.74, 6) is 0.373. The number of aromatic nitrogens is 1. The van der Waals surface area contributed by atoms with E-state index in [2.05, 4.69) is 10.3 Å². The summed E-state index contributed by atoms with van der Waals surface area (Å²) in [6, 6.07) is 15.8. The van der Waals surface area contributed by atoms with Crippen LogP contribution in [0.4, 0.5) is 0 Å². The zero-order valence-corrected chi connectivity index (χ0v) is 19.0. The van der Waals surface area contributed by atoms with Crippen LogP contribution in [0.3, 0.4) is 0 Å². The van der Waals surface area contributed by atoms with E-state index in [-0.39, 0.29) is 24.5 Å². The second-order valence-electron chi connectivity index (χ2n) is 7.39. The quantitative estimate of drug-likeness (QED) is 0.414. The summed E-state index contributed by atoms with van der Waals surface area (Å²) in [7, 11) is 2.70. The molecule has 1 fully saturated rings. The second-order valence-corrected chi connectivity index (χ2v) is 7.77. The number of pyridine rings is 1. The number of furan rings is 1. The monoisotopic (exact) mass is 465 g/mol. The van der Waals surface area contributed by atoms with Crippen molar-refractivity contribution in [3.8, 4) is 11.3 Å². The van der Waals surface area contributed by atoms with Gasteiger partial charge in [0, 0.05) is 18.3 Å². The molecule has 9 heteroatoms. The van der Waals surface area contributed by atoms with Gasteiger partial charge in [-0.05, 0) is 42.5 Å². The van der Waals surface area contributed by atoms with Gasteiger partial charge in [0.1, 0.15) is 17.6 Å². The van der Waals surface area contributed by atoms with Gasteiger partial charge in [0.25, 0.3) is 0 Å². The van der Waals surface area contributed by atoms with Gasteiger partial charge in [-0.15, -0.1) is 0 Å². The highest BCUT2D eigenvalue weighted by atomic mass is 32.1. The Morgan fingerprint density at radius 3 is 2.61 bits per heavy atom. The van der Waals surface area contributed by atoms with Crippen LogP contribution in [0.15, 0.2) is 65.2 Å². The topological polar surface area (TPSA) is 93.9 Å². The highest BCUT2D eigenvalue weighted by Gasteiger charge is 2.41. The molecule has 4 rings (SSSR count). The van der Waals surface area contributed by atoms with Gasteiger partial charge in [0.15, 0.2) is 5.11 Å². The molecule has 1 N–H and O–H groups in total. The maximum atomic E-state index is 12.2. The molecule has 170 valence electrons. The van der Waals surface area contributed by atoms with Crippen LogP contribution in [-0.4, -0.2) is 47.7 Å². The van der Waals surface area contributed by atoms with Crippen molar-refractivity contribution < 1.29 is 23.5 Å². The number of carbonyl (C=O) groups excluding carboxylic acids is 2. The summed E-state index contributed by atoms with van der Waals surface area (Å²) in [6.45, 7) is 0.348. The number of thiocarbonyl (C=S) groups is 1. The fraction of sp³-hybridized carbons (Fsp3) is 0.250. The number of carbonyl (C=O) groups is 2. The third-order valence-corrected chi connectivity index (χ3v) is 5.85. The van der Waals surface area contributed by atoms with Gasteiger partial charge < -0.3 is 24.1 Å². The fourth-order valence-electron chi connectivity index (χ4n) is 3.91. The van der Waals surface area contributed by atoms with Crippen LogP contribution < -0.4 is 5.32 Å². The Morgan fingerprint density at radius 1 is 1.09 bits per heavy atom. The Bertz CT molecular complexity index is 1160. The molecule has 1 aliphatic rings. The van der Waals surface area contributed by atoms with Crippen molar-refractivity contribution in [3.63, 3.8) is 0 Å². The molecule has 3 aromatic rings. The lowest BCUT2D eigenvalue weighted by molar-refractivity contribution is -0.140. The van der Waals surface area contributed by atoms with Crippen LogP contribution in [0.2, 0.25) is 0 Å². The summed E-state index contributed by atoms with van der Waals surface area (Å²) in [5, 5.41) is 3.80. The number of rotatable bonds is 7. The number of benzene rings is 1. The third kappa shape index (κ3) is 4.58. The molecule has 0 saturated carbocycles. The molecule has 1 aromatic carbocycles. The van der Waals surface area contributed by atoms with Crippen molar-refractivity contribution in [1.82, 2.24) is 15.2 Å². The molecule has 1 saturated heterocycles. The first kappa shape index (κ1) is 22.5. The molecule has 8 nitrogen and oxygen atoms in total. The van der Waals surface area contributed by atoms with Crippen LogP contribution in [0.5, 0.6) is 0 Å². The minimum Gasteiger partial charge on any atom is -0.469 e. The molecule has 0 radical (unpaired) electrons. The van der Waals surface area contributed by atoms with E-state index in [1.165, 1.54) is 14.2 Å². The van der Waals surface area contributed by atoms with Gasteiger partial charge in [0.05, 0.1) is 37.9 Å². The van der Waals surface area contributed by atoms with E-state index in [4.69, 9.17) is 26.1 Å². The summed E-state index contributed by atoms with van der Waals surface area (Å²) in [5.41, 5.74) is 1.82. The standard InChI is InChI=1S/C24H23N3O5S/c1-30-20(28)12-14-27-22(21(26-24(27)33)17-9-5-6-13-25-17)19-11-10-18(32-19)15-7-3-4-8-16(15)23(29)31-2/h3-11,13,21-22H,12,14H2,1-2H3,(H,26,33)/t21-,22+/m1/s1. The van der Waals surface area contributed by atoms with Crippen LogP contribution in [0.1, 0.15) is 40.3 Å². The third-order valence-electron chi connectivity index (χ3n) is 5.50. The van der Waals surface area contributed by atoms with E-state index >= 15 is 0 Å². The van der Waals surface area contributed by atoms with Crippen molar-refractivity contribution >= 4 is 29.3 Å². The maximum Gasteiger partial charge on any atom is 0.338 e. The van der Waals surface area contributed by atoms with E-state index < -0.39 is 5.97 Å². The Morgan fingerprint density at radius 2 is 1.88 bits per heavy atom. The summed E-state index contributed by atoms with van der Waals surface area (Å²) < 4.78 is 16.0. The lowest BCUT2D eigenvalue weighted by Gasteiger charge is -2.25. The van der Waals surface area contributed by atoms with Crippen LogP contribution in [-0.2, 0) is 14.3 Å². The number of hydrogen-bond acceptors (Lipinski definition) is 7. The molecule has 0 bridgehead atoms. The molecule has 0 unspecified atom stereocenters. The number of esters is 2. The minimum absolute atomic E-state index is 0.169. The predicted molar refractivity (Wildman–Crippen MR) is 124 cm³/mol. The maximum absolute atomic E-state index is 12.2. The van der Waals surface area contributed by atoms with Crippen molar-refractivity contribution in [2.24, 2.45) is 0 Å². The van der Waals surface area contributed by atoms with E-state index in [0.29, 0.717) is 34.3 Å². The zero-order chi connectivity index (χ0) is 23.4. The van der Waals surface area contributed by atoms with Gasteiger partial charge in [0.2, 0.25) is 0 Å². The Hall–Kier alpha value is -3.72. The predicted octanol–water partition coefficient (Wildman–Crippen LogP) is 3.66. The van der Waals surface area contributed by atoms with E-state index in [1.807, 2.05) is 41.3 Å². The van der Waals surface area contributed by atoms with E-state index in [9.17, 15) is 9.59 Å². The summed E-state index contributed by atoms with van der Waals surface area (Å²) in [6.07, 6.45) is 1.89. The van der Waals surface area contributed by atoms with Gasteiger partial charge in [-0.1, -0.05) is 24.3 Å². The first-order valence-electron chi connectivity index (χ1n) is 10.4. The molecule has 0 amide bonds. The van der Waals surface area contributed by atoms with Crippen molar-refractivity contribution in [3.05, 3.63) is 77.8 Å². The van der Waals surface area contributed by atoms with Gasteiger partial charge in [-0.3, -0.25) is 9.78 Å². The number of hydrogen-bond donors (Lipinski definition) is 1. The Balaban J connectivity index is 1.72. The highest BCUT2D eigenvalue weighted by Crippen LogP contribution is 2.40. The average Bonchev–Trinajstić information content (AvgIpc) is 3.47. The molecule has 0 aliphatic carbocycles. The average molecular weight is 466 g/mol. The molecule has 1 aliphatic heterocycles. The van der Waals surface area contributed by atoms with Gasteiger partial charge in [-0.2, -0.15) is 0 Å². The SMILES string of the molecule is COC(=O)CCN1C(=S)N[C@H](c2ccccn2)[C@@H]1c1ccc(-c2ccccc2C(=O)OC)o1. The lowest BCUT2D eigenvalue weighted by Crippen LogP contribution is -2.31. The fourth-order valence-corrected chi connectivity index (χ4v) is 4.24. The first-order valence-corrected chi connectivity index (χ1v) is 10.8. The summed E-state index contributed by atoms with van der Waals surface area (Å²) >= 11 is 5.59. The van der Waals surface area contributed by atoms with E-state index in [1.54, 1.807) is 24.4 Å². The molecule has 3 heterocycles. The number of nitrogens with one attached hydrogen (secondary N) is 1. The smallest absolute Gasteiger partial charge is 0.338 e. The minimum atomic E-state index is -0.446.